The lowest BCUT2D eigenvalue weighted by Crippen LogP contribution is -2.39. The number of nitrogens with two attached hydrogens (primary N) is 1. The molecule has 5 nitrogen and oxygen atoms in total. The third-order valence-corrected chi connectivity index (χ3v) is 5.58. The molecule has 1 aromatic carbocycles. The van der Waals surface area contributed by atoms with E-state index in [0.29, 0.717) is 6.54 Å². The molecular weight excluding hydrogens is 336 g/mol. The minimum Gasteiger partial charge on any atom is -0.491 e. The zero-order valence-corrected chi connectivity index (χ0v) is 15.5. The van der Waals surface area contributed by atoms with Crippen molar-refractivity contribution in [3.05, 3.63) is 23.8 Å². The molecule has 0 saturated heterocycles. The summed E-state index contributed by atoms with van der Waals surface area (Å²) < 4.78 is 33.5. The number of hydrogen-bond acceptors (Lipinski definition) is 4. The van der Waals surface area contributed by atoms with Gasteiger partial charge in [-0.3, -0.25) is 0 Å². The van der Waals surface area contributed by atoms with Gasteiger partial charge < -0.3 is 10.5 Å². The lowest BCUT2D eigenvalue weighted by Gasteiger charge is -2.20. The molecule has 0 spiro atoms. The molecule has 0 radical (unpaired) electrons. The Labute approximate surface area is 145 Å². The number of sulfonamides is 1. The molecule has 2 unspecified atom stereocenters. The Bertz CT molecular complexity index is 620. The van der Waals surface area contributed by atoms with E-state index in [0.717, 1.165) is 30.6 Å². The molecule has 23 heavy (non-hydrogen) atoms. The standard InChI is InChI=1S/C16H26N2O3S.ClH/c1-11(2)21-16-8-7-14(9-12(16)3)22(19,20)18-15-6-4-5-13(15)10-17;/h7-9,11,13,15,18H,4-6,10,17H2,1-3H3;1H. The fourth-order valence-corrected chi connectivity index (χ4v) is 4.34. The van der Waals surface area contributed by atoms with Gasteiger partial charge in [0.15, 0.2) is 0 Å². The highest BCUT2D eigenvalue weighted by Crippen LogP contribution is 2.27. The van der Waals surface area contributed by atoms with Crippen LogP contribution < -0.4 is 15.2 Å². The fraction of sp³-hybridized carbons (Fsp3) is 0.625. The minimum absolute atomic E-state index is 0. The zero-order valence-electron chi connectivity index (χ0n) is 13.9. The van der Waals surface area contributed by atoms with E-state index in [1.807, 2.05) is 20.8 Å². The number of halogens is 1. The minimum atomic E-state index is -3.52. The molecule has 1 aliphatic carbocycles. The molecule has 1 saturated carbocycles. The Kier molecular flexibility index (Phi) is 7.32. The third-order valence-electron chi connectivity index (χ3n) is 4.09. The summed E-state index contributed by atoms with van der Waals surface area (Å²) in [4.78, 5) is 0.281. The Hall–Kier alpha value is -0.820. The van der Waals surface area contributed by atoms with E-state index < -0.39 is 10.0 Å². The average Bonchev–Trinajstić information content (AvgIpc) is 2.87. The molecule has 132 valence electrons. The van der Waals surface area contributed by atoms with Gasteiger partial charge in [-0.2, -0.15) is 0 Å². The molecule has 2 atom stereocenters. The SMILES string of the molecule is Cc1cc(S(=O)(=O)NC2CCCC2CN)ccc1OC(C)C.Cl. The Morgan fingerprint density at radius 2 is 2.04 bits per heavy atom. The normalized spacial score (nSPS) is 21.3. The summed E-state index contributed by atoms with van der Waals surface area (Å²) in [5, 5.41) is 0. The monoisotopic (exact) mass is 362 g/mol. The van der Waals surface area contributed by atoms with Gasteiger partial charge in [0.1, 0.15) is 5.75 Å². The summed E-state index contributed by atoms with van der Waals surface area (Å²) in [6.07, 6.45) is 2.93. The van der Waals surface area contributed by atoms with Crippen molar-refractivity contribution in [2.45, 2.75) is 57.1 Å². The number of hydrogen-bond donors (Lipinski definition) is 2. The molecular formula is C16H27ClN2O3S. The van der Waals surface area contributed by atoms with Crippen LogP contribution in [0.3, 0.4) is 0 Å². The van der Waals surface area contributed by atoms with Crippen molar-refractivity contribution in [2.75, 3.05) is 6.54 Å². The van der Waals surface area contributed by atoms with Gasteiger partial charge in [-0.15, -0.1) is 12.4 Å². The predicted molar refractivity (Wildman–Crippen MR) is 94.7 cm³/mol. The van der Waals surface area contributed by atoms with Crippen molar-refractivity contribution in [1.82, 2.24) is 4.72 Å². The van der Waals surface area contributed by atoms with Crippen LogP contribution in [-0.2, 0) is 10.0 Å². The lowest BCUT2D eigenvalue weighted by molar-refractivity contribution is 0.240. The fourth-order valence-electron chi connectivity index (χ4n) is 2.92. The second-order valence-corrected chi connectivity index (χ2v) is 7.96. The Balaban J connectivity index is 0.00000264. The highest BCUT2D eigenvalue weighted by atomic mass is 35.5. The lowest BCUT2D eigenvalue weighted by atomic mass is 10.1. The molecule has 0 aromatic heterocycles. The first-order valence-corrected chi connectivity index (χ1v) is 9.31. The van der Waals surface area contributed by atoms with Gasteiger partial charge in [0.25, 0.3) is 0 Å². The topological polar surface area (TPSA) is 81.4 Å². The molecule has 1 aromatic rings. The second kappa shape index (κ2) is 8.33. The van der Waals surface area contributed by atoms with Crippen molar-refractivity contribution >= 4 is 22.4 Å². The van der Waals surface area contributed by atoms with E-state index in [1.165, 1.54) is 0 Å². The Morgan fingerprint density at radius 3 is 2.61 bits per heavy atom. The number of ether oxygens (including phenoxy) is 1. The first-order chi connectivity index (χ1) is 10.3. The van der Waals surface area contributed by atoms with Gasteiger partial charge in [0.05, 0.1) is 11.0 Å². The summed E-state index contributed by atoms with van der Waals surface area (Å²) in [6, 6.07) is 4.92. The quantitative estimate of drug-likeness (QED) is 0.815. The van der Waals surface area contributed by atoms with Crippen LogP contribution in [0.15, 0.2) is 23.1 Å². The number of rotatable bonds is 6. The van der Waals surface area contributed by atoms with E-state index >= 15 is 0 Å². The summed E-state index contributed by atoms with van der Waals surface area (Å²) in [5.74, 6) is 0.953. The number of benzene rings is 1. The number of nitrogens with one attached hydrogen (secondary N) is 1. The molecule has 1 fully saturated rings. The maximum atomic E-state index is 12.5. The zero-order chi connectivity index (χ0) is 16.3. The van der Waals surface area contributed by atoms with E-state index in [1.54, 1.807) is 18.2 Å². The van der Waals surface area contributed by atoms with E-state index in [2.05, 4.69) is 4.72 Å². The molecule has 3 N–H and O–H groups in total. The van der Waals surface area contributed by atoms with Gasteiger partial charge in [-0.05, 0) is 69.8 Å². The maximum absolute atomic E-state index is 12.5. The van der Waals surface area contributed by atoms with Crippen LogP contribution in [-0.4, -0.2) is 27.1 Å². The highest BCUT2D eigenvalue weighted by molar-refractivity contribution is 7.89. The predicted octanol–water partition coefficient (Wildman–Crippen LogP) is 2.61. The molecule has 0 heterocycles. The smallest absolute Gasteiger partial charge is 0.240 e. The summed E-state index contributed by atoms with van der Waals surface area (Å²) in [6.45, 7) is 6.26. The van der Waals surface area contributed by atoms with E-state index in [4.69, 9.17) is 10.5 Å². The Morgan fingerprint density at radius 1 is 1.35 bits per heavy atom. The largest absolute Gasteiger partial charge is 0.491 e. The number of aryl methyl sites for hydroxylation is 1. The maximum Gasteiger partial charge on any atom is 0.240 e. The summed E-state index contributed by atoms with van der Waals surface area (Å²) >= 11 is 0. The average molecular weight is 363 g/mol. The molecule has 1 aliphatic rings. The first kappa shape index (κ1) is 20.2. The molecule has 0 bridgehead atoms. The van der Waals surface area contributed by atoms with Crippen LogP contribution in [0.25, 0.3) is 0 Å². The van der Waals surface area contributed by atoms with Crippen molar-refractivity contribution in [3.8, 4) is 5.75 Å². The highest BCUT2D eigenvalue weighted by Gasteiger charge is 2.30. The molecule has 7 heteroatoms. The van der Waals surface area contributed by atoms with Gasteiger partial charge in [0, 0.05) is 6.04 Å². The van der Waals surface area contributed by atoms with Crippen LogP contribution in [0.1, 0.15) is 38.7 Å². The van der Waals surface area contributed by atoms with Crippen LogP contribution in [0.4, 0.5) is 0 Å². The van der Waals surface area contributed by atoms with E-state index in [-0.39, 0.29) is 35.4 Å². The van der Waals surface area contributed by atoms with Gasteiger partial charge in [0.2, 0.25) is 10.0 Å². The van der Waals surface area contributed by atoms with Crippen molar-refractivity contribution in [2.24, 2.45) is 11.7 Å². The first-order valence-electron chi connectivity index (χ1n) is 7.83. The van der Waals surface area contributed by atoms with Crippen LogP contribution in [0.5, 0.6) is 5.75 Å². The van der Waals surface area contributed by atoms with Gasteiger partial charge >= 0.3 is 0 Å². The summed E-state index contributed by atoms with van der Waals surface area (Å²) in [7, 11) is -3.52. The van der Waals surface area contributed by atoms with E-state index in [9.17, 15) is 8.42 Å². The van der Waals surface area contributed by atoms with Gasteiger partial charge in [-0.25, -0.2) is 13.1 Å². The van der Waals surface area contributed by atoms with Crippen LogP contribution in [0, 0.1) is 12.8 Å². The molecule has 0 aliphatic heterocycles. The van der Waals surface area contributed by atoms with Crippen LogP contribution >= 0.6 is 12.4 Å². The van der Waals surface area contributed by atoms with Gasteiger partial charge in [-0.1, -0.05) is 6.42 Å². The second-order valence-electron chi connectivity index (χ2n) is 6.25. The molecule has 2 rings (SSSR count). The third kappa shape index (κ3) is 5.08. The van der Waals surface area contributed by atoms with Crippen molar-refractivity contribution < 1.29 is 13.2 Å². The van der Waals surface area contributed by atoms with Crippen molar-refractivity contribution in [1.29, 1.82) is 0 Å². The summed E-state index contributed by atoms with van der Waals surface area (Å²) in [5.41, 5.74) is 6.54. The molecule has 0 amide bonds. The van der Waals surface area contributed by atoms with Crippen molar-refractivity contribution in [3.63, 3.8) is 0 Å². The van der Waals surface area contributed by atoms with Crippen LogP contribution in [0.2, 0.25) is 0 Å².